The Morgan fingerprint density at radius 1 is 0.962 bits per heavy atom. The van der Waals surface area contributed by atoms with E-state index >= 15 is 0 Å². The Hall–Kier alpha value is -0.480. The van der Waals surface area contributed by atoms with Crippen LogP contribution in [0.5, 0.6) is 0 Å². The van der Waals surface area contributed by atoms with E-state index in [1.807, 2.05) is 12.1 Å². The number of likely N-dealkylation sites (tertiary alicyclic amines) is 1. The van der Waals surface area contributed by atoms with Crippen molar-refractivity contribution in [2.45, 2.75) is 31.8 Å². The molecule has 144 valence electrons. The molecule has 2 aromatic carbocycles. The van der Waals surface area contributed by atoms with Gasteiger partial charge in [-0.05, 0) is 48.7 Å². The van der Waals surface area contributed by atoms with Crippen LogP contribution in [0.2, 0.25) is 10.0 Å². The van der Waals surface area contributed by atoms with Crippen LogP contribution in [0.1, 0.15) is 30.9 Å². The maximum absolute atomic E-state index is 6.14. The summed E-state index contributed by atoms with van der Waals surface area (Å²) in [4.78, 5) is 2.51. The van der Waals surface area contributed by atoms with E-state index < -0.39 is 0 Å². The van der Waals surface area contributed by atoms with Gasteiger partial charge >= 0.3 is 0 Å². The minimum Gasteiger partial charge on any atom is -0.303 e. The number of rotatable bonds is 5. The van der Waals surface area contributed by atoms with Crippen LogP contribution in [-0.2, 0) is 12.1 Å². The van der Waals surface area contributed by atoms with Crippen LogP contribution >= 0.6 is 48.0 Å². The van der Waals surface area contributed by atoms with E-state index in [0.29, 0.717) is 10.0 Å². The van der Waals surface area contributed by atoms with Crippen molar-refractivity contribution < 1.29 is 0 Å². The molecule has 2 nitrogen and oxygen atoms in total. The van der Waals surface area contributed by atoms with Crippen LogP contribution in [-0.4, -0.2) is 24.5 Å². The van der Waals surface area contributed by atoms with Crippen molar-refractivity contribution in [1.82, 2.24) is 10.2 Å². The van der Waals surface area contributed by atoms with Crippen LogP contribution in [0.3, 0.4) is 0 Å². The summed E-state index contributed by atoms with van der Waals surface area (Å²) in [6, 6.07) is 16.6. The molecule has 1 N–H and O–H groups in total. The summed E-state index contributed by atoms with van der Waals surface area (Å²) in [6.07, 6.45) is 2.22. The van der Waals surface area contributed by atoms with E-state index in [0.717, 1.165) is 44.6 Å². The summed E-state index contributed by atoms with van der Waals surface area (Å²) >= 11 is 12.3. The molecule has 2 aromatic rings. The van der Waals surface area contributed by atoms with E-state index in [1.54, 1.807) is 6.07 Å². The van der Waals surface area contributed by atoms with Gasteiger partial charge in [0.1, 0.15) is 0 Å². The Bertz CT molecular complexity index is 651. The van der Waals surface area contributed by atoms with E-state index in [-0.39, 0.29) is 30.4 Å². The van der Waals surface area contributed by atoms with Crippen LogP contribution in [0.25, 0.3) is 0 Å². The van der Waals surface area contributed by atoms with Crippen molar-refractivity contribution in [1.29, 1.82) is 0 Å². The average Bonchev–Trinajstić information content (AvgIpc) is 2.60. The molecule has 3 rings (SSSR count). The molecular formula is C20H26Cl4N2. The zero-order chi connectivity index (χ0) is 17.0. The molecule has 1 aliphatic rings. The van der Waals surface area contributed by atoms with E-state index in [1.165, 1.54) is 5.56 Å². The van der Waals surface area contributed by atoms with E-state index in [2.05, 4.69) is 47.5 Å². The lowest BCUT2D eigenvalue weighted by Gasteiger charge is -2.43. The third-order valence-corrected chi connectivity index (χ3v) is 5.47. The van der Waals surface area contributed by atoms with Gasteiger partial charge in [-0.25, -0.2) is 0 Å². The molecule has 1 saturated heterocycles. The van der Waals surface area contributed by atoms with Gasteiger partial charge in [-0.3, -0.25) is 0 Å². The third-order valence-electron chi connectivity index (χ3n) is 5.04. The van der Waals surface area contributed by atoms with Gasteiger partial charge in [-0.1, -0.05) is 60.5 Å². The molecular weight excluding hydrogens is 410 g/mol. The molecule has 0 spiro atoms. The molecule has 26 heavy (non-hydrogen) atoms. The molecule has 0 bridgehead atoms. The summed E-state index contributed by atoms with van der Waals surface area (Å²) in [5.41, 5.74) is 2.51. The Balaban J connectivity index is 0.00000169. The van der Waals surface area contributed by atoms with Crippen LogP contribution in [0.4, 0.5) is 0 Å². The molecule has 0 atom stereocenters. The average molecular weight is 436 g/mol. The fraction of sp³-hybridized carbons (Fsp3) is 0.400. The minimum absolute atomic E-state index is 0. The second kappa shape index (κ2) is 10.8. The van der Waals surface area contributed by atoms with Crippen molar-refractivity contribution in [3.05, 3.63) is 69.7 Å². The lowest BCUT2D eigenvalue weighted by atomic mass is 9.80. The van der Waals surface area contributed by atoms with Crippen molar-refractivity contribution in [2.75, 3.05) is 19.6 Å². The molecule has 0 aliphatic carbocycles. The van der Waals surface area contributed by atoms with Gasteiger partial charge in [0, 0.05) is 35.2 Å². The Labute approximate surface area is 179 Å². The highest BCUT2D eigenvalue weighted by Gasteiger charge is 2.35. The van der Waals surface area contributed by atoms with Gasteiger partial charge in [0.25, 0.3) is 0 Å². The number of hydrogen-bond acceptors (Lipinski definition) is 2. The summed E-state index contributed by atoms with van der Waals surface area (Å²) < 4.78 is 0. The van der Waals surface area contributed by atoms with Crippen molar-refractivity contribution in [2.24, 2.45) is 0 Å². The lowest BCUT2D eigenvalue weighted by molar-refractivity contribution is 0.137. The lowest BCUT2D eigenvalue weighted by Crippen LogP contribution is -2.50. The smallest absolute Gasteiger partial charge is 0.0461 e. The van der Waals surface area contributed by atoms with Crippen molar-refractivity contribution in [3.8, 4) is 0 Å². The predicted octanol–water partition coefficient (Wildman–Crippen LogP) is 5.94. The number of hydrogen-bond donors (Lipinski definition) is 1. The van der Waals surface area contributed by atoms with Gasteiger partial charge in [0.05, 0.1) is 0 Å². The normalized spacial score (nSPS) is 16.4. The van der Waals surface area contributed by atoms with Gasteiger partial charge in [-0.15, -0.1) is 24.8 Å². The first kappa shape index (κ1) is 23.6. The zero-order valence-electron chi connectivity index (χ0n) is 14.9. The first-order valence-electron chi connectivity index (χ1n) is 8.59. The number of benzene rings is 2. The summed E-state index contributed by atoms with van der Waals surface area (Å²) in [5, 5.41) is 5.20. The highest BCUT2D eigenvalue weighted by Crippen LogP contribution is 2.33. The first-order chi connectivity index (χ1) is 11.6. The second-order valence-corrected chi connectivity index (χ2v) is 7.39. The van der Waals surface area contributed by atoms with Gasteiger partial charge in [0.15, 0.2) is 0 Å². The molecule has 0 saturated carbocycles. The monoisotopic (exact) mass is 434 g/mol. The number of piperidine rings is 1. The quantitative estimate of drug-likeness (QED) is 0.625. The number of nitrogens with one attached hydrogen (secondary N) is 1. The summed E-state index contributed by atoms with van der Waals surface area (Å²) in [5.74, 6) is 0. The highest BCUT2D eigenvalue weighted by molar-refractivity contribution is 6.34. The summed E-state index contributed by atoms with van der Waals surface area (Å²) in [6.45, 7) is 6.36. The molecule has 1 aliphatic heterocycles. The largest absolute Gasteiger partial charge is 0.303 e. The first-order valence-corrected chi connectivity index (χ1v) is 9.35. The third kappa shape index (κ3) is 5.76. The number of nitrogens with zero attached hydrogens (tertiary/aromatic N) is 1. The minimum atomic E-state index is 0. The molecule has 1 heterocycles. The zero-order valence-corrected chi connectivity index (χ0v) is 18.0. The second-order valence-electron chi connectivity index (χ2n) is 6.51. The van der Waals surface area contributed by atoms with Gasteiger partial charge in [-0.2, -0.15) is 0 Å². The molecule has 0 aromatic heterocycles. The van der Waals surface area contributed by atoms with Gasteiger partial charge in [0.2, 0.25) is 0 Å². The van der Waals surface area contributed by atoms with Crippen molar-refractivity contribution >= 4 is 48.0 Å². The van der Waals surface area contributed by atoms with Crippen LogP contribution in [0, 0.1) is 0 Å². The Morgan fingerprint density at radius 3 is 2.08 bits per heavy atom. The van der Waals surface area contributed by atoms with Gasteiger partial charge < -0.3 is 10.2 Å². The van der Waals surface area contributed by atoms with Crippen LogP contribution in [0.15, 0.2) is 48.5 Å². The Kier molecular flexibility index (Phi) is 9.74. The fourth-order valence-corrected chi connectivity index (χ4v) is 4.13. The topological polar surface area (TPSA) is 15.3 Å². The SMILES string of the molecule is CCN1CCC(NCc2cc(Cl)cc(Cl)c2)(c2ccccc2)CC1.Cl.Cl. The fourth-order valence-electron chi connectivity index (χ4n) is 3.56. The highest BCUT2D eigenvalue weighted by atomic mass is 35.5. The predicted molar refractivity (Wildman–Crippen MR) is 117 cm³/mol. The molecule has 6 heteroatoms. The maximum atomic E-state index is 6.14. The van der Waals surface area contributed by atoms with Crippen molar-refractivity contribution in [3.63, 3.8) is 0 Å². The molecule has 1 fully saturated rings. The number of halogens is 4. The Morgan fingerprint density at radius 2 is 1.54 bits per heavy atom. The molecule has 0 radical (unpaired) electrons. The standard InChI is InChI=1S/C20H24Cl2N2.2ClH/c1-2-24-10-8-20(9-11-24,17-6-4-3-5-7-17)23-15-16-12-18(21)14-19(22)13-16;;/h3-7,12-14,23H,2,8-11,15H2,1H3;2*1H. The molecule has 0 unspecified atom stereocenters. The van der Waals surface area contributed by atoms with Crippen LogP contribution < -0.4 is 5.32 Å². The summed E-state index contributed by atoms with van der Waals surface area (Å²) in [7, 11) is 0. The molecule has 0 amide bonds. The maximum Gasteiger partial charge on any atom is 0.0461 e. The van der Waals surface area contributed by atoms with E-state index in [4.69, 9.17) is 23.2 Å². The van der Waals surface area contributed by atoms with E-state index in [9.17, 15) is 0 Å².